The van der Waals surface area contributed by atoms with Gasteiger partial charge in [0.2, 0.25) is 0 Å². The van der Waals surface area contributed by atoms with E-state index in [0.717, 1.165) is 49.7 Å². The average Bonchev–Trinajstić information content (AvgIpc) is 3.37. The molecule has 0 aliphatic carbocycles. The van der Waals surface area contributed by atoms with Gasteiger partial charge in [-0.3, -0.25) is 9.78 Å². The first kappa shape index (κ1) is 24.3. The van der Waals surface area contributed by atoms with Crippen molar-refractivity contribution in [3.8, 4) is 11.3 Å². The maximum absolute atomic E-state index is 13.2. The summed E-state index contributed by atoms with van der Waals surface area (Å²) in [7, 11) is 0. The summed E-state index contributed by atoms with van der Waals surface area (Å²) < 4.78 is 11.4. The third kappa shape index (κ3) is 5.05. The third-order valence-electron chi connectivity index (χ3n) is 7.05. The molecule has 0 spiro atoms. The molecular formula is C28H31N7O3. The lowest BCUT2D eigenvalue weighted by molar-refractivity contribution is 0.102. The van der Waals surface area contributed by atoms with Gasteiger partial charge in [-0.05, 0) is 42.7 Å². The number of nitrogens with two attached hydrogens (primary N) is 1. The highest BCUT2D eigenvalue weighted by molar-refractivity contribution is 6.05. The Bertz CT molecular complexity index is 1420. The van der Waals surface area contributed by atoms with Crippen LogP contribution in [0.1, 0.15) is 23.8 Å². The molecule has 2 aliphatic rings. The molecule has 0 aromatic carbocycles. The summed E-state index contributed by atoms with van der Waals surface area (Å²) in [6.07, 6.45) is 6.19. The lowest BCUT2D eigenvalue weighted by atomic mass is 9.96. The van der Waals surface area contributed by atoms with Gasteiger partial charge in [0.25, 0.3) is 5.91 Å². The number of carbonyl (C=O) groups is 1. The molecule has 2 unspecified atom stereocenters. The van der Waals surface area contributed by atoms with Crippen molar-refractivity contribution < 1.29 is 13.9 Å². The van der Waals surface area contributed by atoms with Crippen LogP contribution in [0, 0.1) is 5.92 Å². The van der Waals surface area contributed by atoms with Crippen LogP contribution in [-0.4, -0.2) is 66.3 Å². The second kappa shape index (κ2) is 10.4. The molecule has 4 aromatic heterocycles. The van der Waals surface area contributed by atoms with Crippen LogP contribution in [0.5, 0.6) is 0 Å². The molecule has 3 N–H and O–H groups in total. The van der Waals surface area contributed by atoms with Crippen LogP contribution in [0.15, 0.2) is 59.4 Å². The summed E-state index contributed by atoms with van der Waals surface area (Å²) in [6, 6.07) is 11.3. The zero-order valence-corrected chi connectivity index (χ0v) is 21.3. The highest BCUT2D eigenvalue weighted by atomic mass is 16.5. The summed E-state index contributed by atoms with van der Waals surface area (Å²) in [6.45, 7) is 6.89. The van der Waals surface area contributed by atoms with Crippen LogP contribution >= 0.6 is 0 Å². The molecule has 0 saturated carbocycles. The number of pyridine rings is 3. The first-order valence-electron chi connectivity index (χ1n) is 13.0. The number of piperidine rings is 1. The summed E-state index contributed by atoms with van der Waals surface area (Å²) in [5, 5.41) is 2.99. The van der Waals surface area contributed by atoms with Crippen molar-refractivity contribution in [2.45, 2.75) is 19.4 Å². The average molecular weight is 514 g/mol. The molecular weight excluding hydrogens is 482 g/mol. The minimum atomic E-state index is -0.310. The molecule has 1 amide bonds. The van der Waals surface area contributed by atoms with Crippen LogP contribution in [0.4, 0.5) is 17.2 Å². The van der Waals surface area contributed by atoms with E-state index in [0.29, 0.717) is 47.4 Å². The number of furan rings is 1. The molecule has 6 rings (SSSR count). The van der Waals surface area contributed by atoms with Crippen molar-refractivity contribution in [1.82, 2.24) is 15.0 Å². The van der Waals surface area contributed by atoms with Crippen LogP contribution in [0.2, 0.25) is 0 Å². The number of aromatic nitrogens is 3. The van der Waals surface area contributed by atoms with E-state index in [9.17, 15) is 4.79 Å². The van der Waals surface area contributed by atoms with Crippen LogP contribution < -0.4 is 20.9 Å². The SMILES string of the molecule is CC1CC(N)CN(c2ccncc2NC(=O)c2ccc3oc(-c4ccc(N5CCOCC5)nc4)cc3n2)C1. The Labute approximate surface area is 220 Å². The zero-order valence-electron chi connectivity index (χ0n) is 21.3. The van der Waals surface area contributed by atoms with Gasteiger partial charge in [0.1, 0.15) is 22.8 Å². The van der Waals surface area contributed by atoms with Crippen molar-refractivity contribution in [3.63, 3.8) is 0 Å². The normalized spacial score (nSPS) is 20.1. The predicted molar refractivity (Wildman–Crippen MR) is 146 cm³/mol. The van der Waals surface area contributed by atoms with Gasteiger partial charge in [-0.2, -0.15) is 0 Å². The Morgan fingerprint density at radius 1 is 1.08 bits per heavy atom. The molecule has 0 bridgehead atoms. The van der Waals surface area contributed by atoms with Crippen LogP contribution in [0.25, 0.3) is 22.4 Å². The number of ether oxygens (including phenoxy) is 1. The van der Waals surface area contributed by atoms with Gasteiger partial charge in [-0.25, -0.2) is 9.97 Å². The monoisotopic (exact) mass is 513 g/mol. The predicted octanol–water partition coefficient (Wildman–Crippen LogP) is 3.55. The van der Waals surface area contributed by atoms with Crippen LogP contribution in [-0.2, 0) is 4.74 Å². The van der Waals surface area contributed by atoms with Gasteiger partial charge in [0.15, 0.2) is 5.58 Å². The Morgan fingerprint density at radius 2 is 1.95 bits per heavy atom. The molecule has 10 nitrogen and oxygen atoms in total. The Kier molecular flexibility index (Phi) is 6.65. The molecule has 0 radical (unpaired) electrons. The maximum Gasteiger partial charge on any atom is 0.274 e. The highest BCUT2D eigenvalue weighted by Crippen LogP contribution is 2.30. The zero-order chi connectivity index (χ0) is 26.1. The third-order valence-corrected chi connectivity index (χ3v) is 7.05. The first-order valence-corrected chi connectivity index (χ1v) is 13.0. The van der Waals surface area contributed by atoms with Crippen molar-refractivity contribution in [2.24, 2.45) is 11.7 Å². The molecule has 2 atom stereocenters. The van der Waals surface area contributed by atoms with E-state index in [1.807, 2.05) is 24.3 Å². The second-order valence-corrected chi connectivity index (χ2v) is 10.0. The Balaban J connectivity index is 1.20. The quantitative estimate of drug-likeness (QED) is 0.412. The summed E-state index contributed by atoms with van der Waals surface area (Å²) in [5.74, 6) is 1.73. The largest absolute Gasteiger partial charge is 0.454 e. The number of anilines is 3. The maximum atomic E-state index is 13.2. The minimum Gasteiger partial charge on any atom is -0.454 e. The lowest BCUT2D eigenvalue weighted by Crippen LogP contribution is -2.46. The standard InChI is InChI=1S/C28H31N7O3/c1-18-12-20(29)17-35(16-18)24-6-7-30-15-23(24)33-28(36)21-3-4-25-22(32-21)13-26(38-25)19-2-5-27(31-14-19)34-8-10-37-11-9-34/h2-7,13-15,18,20H,8-12,16-17,29H2,1H3,(H,33,36). The highest BCUT2D eigenvalue weighted by Gasteiger charge is 2.25. The molecule has 38 heavy (non-hydrogen) atoms. The molecule has 6 heterocycles. The van der Waals surface area contributed by atoms with E-state index >= 15 is 0 Å². The number of amides is 1. The van der Waals surface area contributed by atoms with E-state index in [1.54, 1.807) is 30.7 Å². The van der Waals surface area contributed by atoms with Crippen molar-refractivity contribution in [2.75, 3.05) is 54.5 Å². The number of morpholine rings is 1. The van der Waals surface area contributed by atoms with E-state index in [1.165, 1.54) is 0 Å². The minimum absolute atomic E-state index is 0.0978. The number of rotatable bonds is 5. The van der Waals surface area contributed by atoms with Crippen molar-refractivity contribution in [3.05, 3.63) is 60.7 Å². The van der Waals surface area contributed by atoms with Gasteiger partial charge in [-0.15, -0.1) is 0 Å². The van der Waals surface area contributed by atoms with E-state index in [-0.39, 0.29) is 11.9 Å². The fourth-order valence-electron chi connectivity index (χ4n) is 5.25. The Morgan fingerprint density at radius 3 is 2.74 bits per heavy atom. The summed E-state index contributed by atoms with van der Waals surface area (Å²) in [5.41, 5.74) is 10.2. The van der Waals surface area contributed by atoms with E-state index in [4.69, 9.17) is 14.9 Å². The fourth-order valence-corrected chi connectivity index (χ4v) is 5.25. The summed E-state index contributed by atoms with van der Waals surface area (Å²) >= 11 is 0. The summed E-state index contributed by atoms with van der Waals surface area (Å²) in [4.78, 5) is 31.0. The second-order valence-electron chi connectivity index (χ2n) is 10.0. The molecule has 2 aliphatic heterocycles. The van der Waals surface area contributed by atoms with E-state index < -0.39 is 0 Å². The van der Waals surface area contributed by atoms with Gasteiger partial charge >= 0.3 is 0 Å². The Hall–Kier alpha value is -4.02. The number of nitrogens with zero attached hydrogens (tertiary/aromatic N) is 5. The molecule has 10 heteroatoms. The number of carbonyl (C=O) groups excluding carboxylic acids is 1. The first-order chi connectivity index (χ1) is 18.5. The number of nitrogens with one attached hydrogen (secondary N) is 1. The van der Waals surface area contributed by atoms with Crippen LogP contribution in [0.3, 0.4) is 0 Å². The van der Waals surface area contributed by atoms with Gasteiger partial charge in [0.05, 0.1) is 30.8 Å². The number of hydrogen-bond donors (Lipinski definition) is 2. The molecule has 4 aromatic rings. The number of hydrogen-bond acceptors (Lipinski definition) is 9. The molecule has 2 saturated heterocycles. The topological polar surface area (TPSA) is 123 Å². The van der Waals surface area contributed by atoms with Gasteiger partial charge < -0.3 is 30.0 Å². The number of fused-ring (bicyclic) bond motifs is 1. The molecule has 196 valence electrons. The fraction of sp³-hybridized carbons (Fsp3) is 0.357. The molecule has 2 fully saturated rings. The van der Waals surface area contributed by atoms with Gasteiger partial charge in [-0.1, -0.05) is 6.92 Å². The van der Waals surface area contributed by atoms with Crippen molar-refractivity contribution >= 4 is 34.2 Å². The van der Waals surface area contributed by atoms with E-state index in [2.05, 4.69) is 37.0 Å². The lowest BCUT2D eigenvalue weighted by Gasteiger charge is -2.37. The van der Waals surface area contributed by atoms with Crippen molar-refractivity contribution in [1.29, 1.82) is 0 Å². The smallest absolute Gasteiger partial charge is 0.274 e. The van der Waals surface area contributed by atoms with Gasteiger partial charge in [0, 0.05) is 56.2 Å².